The van der Waals surface area contributed by atoms with Crippen LogP contribution in [0.3, 0.4) is 0 Å². The van der Waals surface area contributed by atoms with Crippen molar-refractivity contribution >= 4 is 39.5 Å². The molecular weight excluding hydrogens is 322 g/mol. The minimum Gasteiger partial charge on any atom is -0.319 e. The summed E-state index contributed by atoms with van der Waals surface area (Å²) >= 11 is 2.67. The highest BCUT2D eigenvalue weighted by Gasteiger charge is 2.35. The van der Waals surface area contributed by atoms with Crippen LogP contribution in [-0.4, -0.2) is 11.8 Å². The summed E-state index contributed by atoms with van der Waals surface area (Å²) in [6.07, 6.45) is 0. The van der Waals surface area contributed by atoms with E-state index in [1.165, 1.54) is 22.7 Å². The Balaban J connectivity index is 2.19. The van der Waals surface area contributed by atoms with Crippen LogP contribution in [0.5, 0.6) is 0 Å². The summed E-state index contributed by atoms with van der Waals surface area (Å²) < 4.78 is 29.1. The molecule has 1 atom stereocenters. The van der Waals surface area contributed by atoms with Gasteiger partial charge in [-0.2, -0.15) is 0 Å². The Morgan fingerprint density at radius 3 is 2.00 bits per heavy atom. The highest BCUT2D eigenvalue weighted by atomic mass is 32.1. The zero-order valence-electron chi connectivity index (χ0n) is 12.0. The standard InChI is InChI=1S/C16H14F2N2S2/c1-7-3-5-9(21-7)11-13(17)14(18)12(16(20)15(11)19)10-6-4-8(2)22-10/h3-6,15,20H,19H2,1-2H3. The number of thiophene rings is 2. The number of aryl methyl sites for hydroxylation is 2. The first kappa shape index (κ1) is 15.3. The van der Waals surface area contributed by atoms with E-state index in [0.717, 1.165) is 9.75 Å². The zero-order chi connectivity index (χ0) is 16.0. The van der Waals surface area contributed by atoms with E-state index in [1.807, 2.05) is 26.0 Å². The van der Waals surface area contributed by atoms with E-state index in [9.17, 15) is 8.78 Å². The molecule has 1 aliphatic carbocycles. The number of allylic oxidation sites excluding steroid dienone is 2. The minimum atomic E-state index is -0.991. The summed E-state index contributed by atoms with van der Waals surface area (Å²) in [7, 11) is 0. The van der Waals surface area contributed by atoms with Crippen LogP contribution in [0.4, 0.5) is 8.78 Å². The predicted molar refractivity (Wildman–Crippen MR) is 89.9 cm³/mol. The molecule has 0 saturated carbocycles. The Morgan fingerprint density at radius 2 is 1.50 bits per heavy atom. The third kappa shape index (κ3) is 2.37. The summed E-state index contributed by atoms with van der Waals surface area (Å²) in [6, 6.07) is 6.10. The smallest absolute Gasteiger partial charge is 0.169 e. The van der Waals surface area contributed by atoms with Crippen LogP contribution in [0.1, 0.15) is 19.5 Å². The van der Waals surface area contributed by atoms with Gasteiger partial charge in [-0.3, -0.25) is 0 Å². The van der Waals surface area contributed by atoms with Crippen LogP contribution in [0.15, 0.2) is 35.9 Å². The molecule has 0 saturated heterocycles. The van der Waals surface area contributed by atoms with E-state index in [1.54, 1.807) is 12.1 Å². The molecule has 114 valence electrons. The monoisotopic (exact) mass is 336 g/mol. The molecule has 1 unspecified atom stereocenters. The quantitative estimate of drug-likeness (QED) is 0.809. The second kappa shape index (κ2) is 5.53. The van der Waals surface area contributed by atoms with Crippen LogP contribution in [0.2, 0.25) is 0 Å². The summed E-state index contributed by atoms with van der Waals surface area (Å²) in [5.74, 6) is -1.94. The molecule has 0 aromatic carbocycles. The van der Waals surface area contributed by atoms with Gasteiger partial charge in [0, 0.05) is 25.1 Å². The van der Waals surface area contributed by atoms with E-state index in [-0.39, 0.29) is 16.9 Å². The maximum Gasteiger partial charge on any atom is 0.169 e. The largest absolute Gasteiger partial charge is 0.319 e. The molecule has 0 amide bonds. The van der Waals surface area contributed by atoms with Crippen LogP contribution in [-0.2, 0) is 0 Å². The Kier molecular flexibility index (Phi) is 3.84. The van der Waals surface area contributed by atoms with Crippen molar-refractivity contribution in [1.29, 1.82) is 5.41 Å². The molecule has 0 spiro atoms. The van der Waals surface area contributed by atoms with Gasteiger partial charge in [0.25, 0.3) is 0 Å². The van der Waals surface area contributed by atoms with Gasteiger partial charge in [0.05, 0.1) is 17.3 Å². The van der Waals surface area contributed by atoms with Crippen LogP contribution in [0.25, 0.3) is 11.1 Å². The fourth-order valence-electron chi connectivity index (χ4n) is 2.43. The SMILES string of the molecule is Cc1ccc(C2=C(F)C(F)=C(c3ccc(C)s3)C(N)C2=N)s1. The summed E-state index contributed by atoms with van der Waals surface area (Å²) in [5.41, 5.74) is 6.00. The van der Waals surface area contributed by atoms with Gasteiger partial charge in [0.1, 0.15) is 0 Å². The summed E-state index contributed by atoms with van der Waals surface area (Å²) in [5, 5.41) is 8.19. The van der Waals surface area contributed by atoms with Gasteiger partial charge < -0.3 is 11.1 Å². The molecule has 0 radical (unpaired) electrons. The summed E-state index contributed by atoms with van der Waals surface area (Å²) in [6.45, 7) is 3.77. The van der Waals surface area contributed by atoms with Crippen LogP contribution >= 0.6 is 22.7 Å². The Labute approximate surface area is 135 Å². The second-order valence-corrected chi connectivity index (χ2v) is 7.70. The first-order valence-electron chi connectivity index (χ1n) is 6.68. The number of rotatable bonds is 2. The lowest BCUT2D eigenvalue weighted by Crippen LogP contribution is -2.35. The van der Waals surface area contributed by atoms with Crippen LogP contribution in [0, 0.1) is 19.3 Å². The molecule has 6 heteroatoms. The van der Waals surface area contributed by atoms with Crippen molar-refractivity contribution in [1.82, 2.24) is 0 Å². The van der Waals surface area contributed by atoms with Crippen LogP contribution < -0.4 is 5.73 Å². The first-order valence-corrected chi connectivity index (χ1v) is 8.31. The zero-order valence-corrected chi connectivity index (χ0v) is 13.7. The Bertz CT molecular complexity index is 827. The van der Waals surface area contributed by atoms with Gasteiger partial charge in [-0.15, -0.1) is 22.7 Å². The maximum atomic E-state index is 14.6. The molecule has 2 heterocycles. The van der Waals surface area contributed by atoms with Crippen molar-refractivity contribution in [2.24, 2.45) is 5.73 Å². The number of nitrogens with one attached hydrogen (secondary N) is 1. The van der Waals surface area contributed by atoms with Gasteiger partial charge in [-0.05, 0) is 38.1 Å². The van der Waals surface area contributed by atoms with Crippen molar-refractivity contribution in [3.05, 3.63) is 55.4 Å². The number of hydrogen-bond acceptors (Lipinski definition) is 4. The van der Waals surface area contributed by atoms with E-state index >= 15 is 0 Å². The number of hydrogen-bond donors (Lipinski definition) is 2. The molecule has 1 aliphatic rings. The molecular formula is C16H14F2N2S2. The first-order chi connectivity index (χ1) is 10.4. The predicted octanol–water partition coefficient (Wildman–Crippen LogP) is 4.85. The van der Waals surface area contributed by atoms with Gasteiger partial charge in [-0.1, -0.05) is 0 Å². The molecule has 0 aliphatic heterocycles. The minimum absolute atomic E-state index is 0.0277. The van der Waals surface area contributed by atoms with Crippen molar-refractivity contribution < 1.29 is 8.78 Å². The lowest BCUT2D eigenvalue weighted by atomic mass is 9.88. The lowest BCUT2D eigenvalue weighted by molar-refractivity contribution is 0.546. The fraction of sp³-hybridized carbons (Fsp3) is 0.188. The average Bonchev–Trinajstić information content (AvgIpc) is 3.07. The Morgan fingerprint density at radius 1 is 0.955 bits per heavy atom. The molecule has 2 nitrogen and oxygen atoms in total. The lowest BCUT2D eigenvalue weighted by Gasteiger charge is -2.24. The van der Waals surface area contributed by atoms with E-state index < -0.39 is 17.7 Å². The van der Waals surface area contributed by atoms with E-state index in [0.29, 0.717) is 9.75 Å². The molecule has 3 rings (SSSR count). The van der Waals surface area contributed by atoms with Crippen molar-refractivity contribution in [3.63, 3.8) is 0 Å². The molecule has 22 heavy (non-hydrogen) atoms. The molecule has 0 bridgehead atoms. The van der Waals surface area contributed by atoms with E-state index in [4.69, 9.17) is 11.1 Å². The normalized spacial score (nSPS) is 19.3. The molecule has 2 aromatic rings. The van der Waals surface area contributed by atoms with E-state index in [2.05, 4.69) is 0 Å². The van der Waals surface area contributed by atoms with Gasteiger partial charge in [0.15, 0.2) is 11.7 Å². The highest BCUT2D eigenvalue weighted by molar-refractivity contribution is 7.13. The van der Waals surface area contributed by atoms with Crippen molar-refractivity contribution in [2.45, 2.75) is 19.9 Å². The third-order valence-corrected chi connectivity index (χ3v) is 5.58. The van der Waals surface area contributed by atoms with Gasteiger partial charge in [-0.25, -0.2) is 8.78 Å². The third-order valence-electron chi connectivity index (χ3n) is 3.53. The molecule has 0 fully saturated rings. The van der Waals surface area contributed by atoms with Gasteiger partial charge in [0.2, 0.25) is 0 Å². The summed E-state index contributed by atoms with van der Waals surface area (Å²) in [4.78, 5) is 3.06. The fourth-order valence-corrected chi connectivity index (χ4v) is 4.30. The highest BCUT2D eigenvalue weighted by Crippen LogP contribution is 2.42. The van der Waals surface area contributed by atoms with Crippen molar-refractivity contribution in [3.8, 4) is 0 Å². The number of halogens is 2. The second-order valence-electron chi connectivity index (χ2n) is 5.13. The Hall–Kier alpha value is -1.63. The average molecular weight is 336 g/mol. The topological polar surface area (TPSA) is 49.9 Å². The molecule has 3 N–H and O–H groups in total. The number of nitrogens with two attached hydrogens (primary N) is 1. The van der Waals surface area contributed by atoms with Gasteiger partial charge >= 0.3 is 0 Å². The van der Waals surface area contributed by atoms with Crippen molar-refractivity contribution in [2.75, 3.05) is 0 Å². The maximum absolute atomic E-state index is 14.6. The molecule has 2 aromatic heterocycles.